The van der Waals surface area contributed by atoms with Crippen LogP contribution in [0.15, 0.2) is 30.4 Å². The average Bonchev–Trinajstić information content (AvgIpc) is 4.03. The first-order valence-corrected chi connectivity index (χ1v) is 21.8. The van der Waals surface area contributed by atoms with E-state index in [0.29, 0.717) is 73.5 Å². The molecule has 16 nitrogen and oxygen atoms in total. The van der Waals surface area contributed by atoms with Crippen molar-refractivity contribution in [3.05, 3.63) is 35.9 Å². The Hall–Kier alpha value is -4.64. The Bertz CT molecular complexity index is 2080. The smallest absolute Gasteiger partial charge is 0.318 e. The van der Waals surface area contributed by atoms with Crippen LogP contribution in [0.2, 0.25) is 0 Å². The SMILES string of the molecule is COc1ccc2c(O[C@@H]3C[C@H]4C(=O)N[C@]5(C(=O)NS(=O)(=O)C6(C)CC6)C[C@H]5C=CCCCCC[C@H](NC(=O)N5CC(OC)C5)C(=O)N4C3)cc(OC(C)C)nc2c1C. The van der Waals surface area contributed by atoms with Crippen LogP contribution in [-0.2, 0) is 29.1 Å². The first-order valence-electron chi connectivity index (χ1n) is 20.3. The van der Waals surface area contributed by atoms with E-state index >= 15 is 0 Å². The lowest BCUT2D eigenvalue weighted by Gasteiger charge is -2.39. The van der Waals surface area contributed by atoms with E-state index in [2.05, 4.69) is 15.4 Å². The molecule has 2 saturated carbocycles. The van der Waals surface area contributed by atoms with Crippen molar-refractivity contribution in [1.82, 2.24) is 30.1 Å². The van der Waals surface area contributed by atoms with E-state index in [1.165, 1.54) is 4.90 Å². The quantitative estimate of drug-likeness (QED) is 0.297. The van der Waals surface area contributed by atoms with Gasteiger partial charge in [0.25, 0.3) is 5.91 Å². The van der Waals surface area contributed by atoms with Gasteiger partial charge < -0.3 is 39.4 Å². The molecule has 2 aromatic rings. The number of likely N-dealkylation sites (tertiary alicyclic amines) is 1. The summed E-state index contributed by atoms with van der Waals surface area (Å²) in [6, 6.07) is 2.90. The maximum atomic E-state index is 14.7. The monoisotopic (exact) mass is 824 g/mol. The summed E-state index contributed by atoms with van der Waals surface area (Å²) in [5, 5.41) is 6.54. The predicted molar refractivity (Wildman–Crippen MR) is 214 cm³/mol. The van der Waals surface area contributed by atoms with E-state index in [9.17, 15) is 27.6 Å². The Morgan fingerprint density at radius 1 is 1.03 bits per heavy atom. The Balaban J connectivity index is 1.21. The molecule has 0 bridgehead atoms. The lowest BCUT2D eigenvalue weighted by atomic mass is 10.0. The minimum absolute atomic E-state index is 0.00661. The topological polar surface area (TPSA) is 195 Å². The van der Waals surface area contributed by atoms with Crippen LogP contribution in [0.4, 0.5) is 4.79 Å². The highest BCUT2D eigenvalue weighted by Crippen LogP contribution is 2.47. The highest BCUT2D eigenvalue weighted by atomic mass is 32.2. The first-order chi connectivity index (χ1) is 27.6. The summed E-state index contributed by atoms with van der Waals surface area (Å²) < 4.78 is 51.3. The van der Waals surface area contributed by atoms with E-state index in [1.54, 1.807) is 32.1 Å². The van der Waals surface area contributed by atoms with Gasteiger partial charge in [0.2, 0.25) is 27.7 Å². The van der Waals surface area contributed by atoms with Crippen LogP contribution in [0.3, 0.4) is 0 Å². The summed E-state index contributed by atoms with van der Waals surface area (Å²) in [6.07, 6.45) is 7.26. The Morgan fingerprint density at radius 3 is 2.48 bits per heavy atom. The van der Waals surface area contributed by atoms with Crippen LogP contribution in [-0.4, -0.2) is 121 Å². The van der Waals surface area contributed by atoms with E-state index in [0.717, 1.165) is 18.4 Å². The number of fused-ring (bicyclic) bond motifs is 3. The minimum atomic E-state index is -4.00. The zero-order valence-corrected chi connectivity index (χ0v) is 35.0. The number of hydrogen-bond acceptors (Lipinski definition) is 11. The lowest BCUT2D eigenvalue weighted by molar-refractivity contribution is -0.141. The van der Waals surface area contributed by atoms with Crippen molar-refractivity contribution < 1.29 is 46.5 Å². The number of carbonyl (C=O) groups excluding carboxylic acids is 4. The van der Waals surface area contributed by atoms with Crippen molar-refractivity contribution in [1.29, 1.82) is 0 Å². The molecular formula is C41H56N6O10S. The number of pyridine rings is 1. The Labute approximate surface area is 339 Å². The number of nitrogens with zero attached hydrogens (tertiary/aromatic N) is 3. The van der Waals surface area contributed by atoms with Crippen molar-refractivity contribution >= 4 is 44.7 Å². The number of sulfonamides is 1. The van der Waals surface area contributed by atoms with E-state index < -0.39 is 68.2 Å². The summed E-state index contributed by atoms with van der Waals surface area (Å²) in [6.45, 7) is 8.05. The Kier molecular flexibility index (Phi) is 11.6. The number of amides is 5. The lowest BCUT2D eigenvalue weighted by Crippen LogP contribution is -2.61. The molecular weight excluding hydrogens is 769 g/mol. The second kappa shape index (κ2) is 16.2. The third kappa shape index (κ3) is 8.29. The molecule has 316 valence electrons. The van der Waals surface area contributed by atoms with Gasteiger partial charge in [-0.25, -0.2) is 18.2 Å². The third-order valence-corrected chi connectivity index (χ3v) is 14.4. The minimum Gasteiger partial charge on any atom is -0.496 e. The molecule has 3 aliphatic heterocycles. The molecule has 4 fully saturated rings. The van der Waals surface area contributed by atoms with Gasteiger partial charge in [-0.1, -0.05) is 25.0 Å². The van der Waals surface area contributed by atoms with E-state index in [1.807, 2.05) is 45.1 Å². The van der Waals surface area contributed by atoms with Crippen LogP contribution in [0.1, 0.15) is 84.1 Å². The molecule has 1 aromatic heterocycles. The van der Waals surface area contributed by atoms with Crippen molar-refractivity contribution in [2.75, 3.05) is 33.9 Å². The van der Waals surface area contributed by atoms with Gasteiger partial charge in [0.1, 0.15) is 35.2 Å². The first kappa shape index (κ1) is 41.5. The molecule has 58 heavy (non-hydrogen) atoms. The molecule has 2 aliphatic carbocycles. The molecule has 2 saturated heterocycles. The molecule has 0 unspecified atom stereocenters. The van der Waals surface area contributed by atoms with Gasteiger partial charge in [0, 0.05) is 36.5 Å². The van der Waals surface area contributed by atoms with Gasteiger partial charge in [0.05, 0.1) is 49.2 Å². The number of methoxy groups -OCH3 is 2. The van der Waals surface area contributed by atoms with E-state index in [4.69, 9.17) is 23.9 Å². The van der Waals surface area contributed by atoms with Gasteiger partial charge in [-0.2, -0.15) is 0 Å². The number of rotatable bonds is 10. The summed E-state index contributed by atoms with van der Waals surface area (Å²) in [7, 11) is -0.832. The molecule has 0 radical (unpaired) electrons. The number of ether oxygens (including phenoxy) is 4. The number of allylic oxidation sites excluding steroid dienone is 1. The fourth-order valence-electron chi connectivity index (χ4n) is 8.10. The van der Waals surface area contributed by atoms with E-state index in [-0.39, 0.29) is 31.6 Å². The predicted octanol–water partition coefficient (Wildman–Crippen LogP) is 3.49. The van der Waals surface area contributed by atoms with Gasteiger partial charge in [0.15, 0.2) is 0 Å². The van der Waals surface area contributed by atoms with Crippen LogP contribution in [0, 0.1) is 12.8 Å². The van der Waals surface area contributed by atoms with Crippen LogP contribution in [0.25, 0.3) is 10.9 Å². The number of urea groups is 1. The fourth-order valence-corrected chi connectivity index (χ4v) is 9.41. The van der Waals surface area contributed by atoms with Gasteiger partial charge in [-0.3, -0.25) is 19.1 Å². The number of aryl methyl sites for hydroxylation is 1. The molecule has 0 spiro atoms. The zero-order valence-electron chi connectivity index (χ0n) is 34.2. The third-order valence-electron chi connectivity index (χ3n) is 12.2. The normalized spacial score (nSPS) is 27.4. The largest absolute Gasteiger partial charge is 0.496 e. The van der Waals surface area contributed by atoms with Crippen molar-refractivity contribution in [3.8, 4) is 17.4 Å². The van der Waals surface area contributed by atoms with Crippen LogP contribution >= 0.6 is 0 Å². The Morgan fingerprint density at radius 2 is 1.79 bits per heavy atom. The second-order valence-corrected chi connectivity index (χ2v) is 19.1. The van der Waals surface area contributed by atoms with Crippen molar-refractivity contribution in [2.24, 2.45) is 5.92 Å². The van der Waals surface area contributed by atoms with Crippen molar-refractivity contribution in [3.63, 3.8) is 0 Å². The molecule has 4 heterocycles. The molecule has 7 rings (SSSR count). The molecule has 17 heteroatoms. The summed E-state index contributed by atoms with van der Waals surface area (Å²) in [4.78, 5) is 64.4. The zero-order chi connectivity index (χ0) is 41.6. The van der Waals surface area contributed by atoms with Crippen molar-refractivity contribution in [2.45, 2.75) is 126 Å². The number of hydrogen-bond donors (Lipinski definition) is 3. The van der Waals surface area contributed by atoms with Gasteiger partial charge in [-0.05, 0) is 78.4 Å². The fraction of sp³-hybridized carbons (Fsp3) is 0.634. The van der Waals surface area contributed by atoms with Crippen LogP contribution in [0.5, 0.6) is 17.4 Å². The molecule has 5 aliphatic rings. The highest BCUT2D eigenvalue weighted by Gasteiger charge is 2.63. The second-order valence-electron chi connectivity index (χ2n) is 16.9. The average molecular weight is 825 g/mol. The van der Waals surface area contributed by atoms with Gasteiger partial charge in [-0.15, -0.1) is 0 Å². The molecule has 5 amide bonds. The molecule has 5 atom stereocenters. The summed E-state index contributed by atoms with van der Waals surface area (Å²) >= 11 is 0. The highest BCUT2D eigenvalue weighted by molar-refractivity contribution is 7.91. The summed E-state index contributed by atoms with van der Waals surface area (Å²) in [5.41, 5.74) is -0.141. The molecule has 1 aromatic carbocycles. The standard InChI is InChI=1S/C41H56N6O10S/c1-24(2)56-34-19-33(29-14-15-32(55-6)25(3)35(29)43-34)57-27-18-31-36(48)44-41(38(50)45-58(52,53)40(4)16-17-40)20-26(41)12-10-8-7-9-11-13-30(37(49)47(31)23-27)42-39(51)46-21-28(22-46)54-5/h10,12,14-15,19,24,26-28,30-31H,7-9,11,13,16-18,20-23H2,1-6H3,(H,42,51)(H,44,48)(H,45,50)/t26-,27-,30+,31+,41-/m1/s1. The number of carbonyl (C=O) groups is 4. The maximum absolute atomic E-state index is 14.7. The number of nitrogens with one attached hydrogen (secondary N) is 3. The summed E-state index contributed by atoms with van der Waals surface area (Å²) in [5.74, 6) is -0.900. The van der Waals surface area contributed by atoms with Gasteiger partial charge >= 0.3 is 6.03 Å². The molecule has 3 N–H and O–H groups in total. The number of aromatic nitrogens is 1. The van der Waals surface area contributed by atoms with Crippen LogP contribution < -0.4 is 29.6 Å². The number of benzene rings is 1. The maximum Gasteiger partial charge on any atom is 0.318 e.